The molecule has 3 fully saturated rings. The van der Waals surface area contributed by atoms with Gasteiger partial charge in [-0.3, -0.25) is 9.59 Å². The highest BCUT2D eigenvalue weighted by Crippen LogP contribution is 2.37. The molecule has 2 saturated heterocycles. The van der Waals surface area contributed by atoms with Crippen molar-refractivity contribution in [2.75, 3.05) is 49.1 Å². The van der Waals surface area contributed by atoms with Gasteiger partial charge in [-0.05, 0) is 44.2 Å². The number of nitrogens with zero attached hydrogens (tertiary/aromatic N) is 6. The Morgan fingerprint density at radius 1 is 1.10 bits per heavy atom. The number of alkyl halides is 3. The Morgan fingerprint density at radius 2 is 1.90 bits per heavy atom. The van der Waals surface area contributed by atoms with Gasteiger partial charge < -0.3 is 19.4 Å². The number of carbonyl (C=O) groups excluding carboxylic acids is 1. The molecule has 40 heavy (non-hydrogen) atoms. The summed E-state index contributed by atoms with van der Waals surface area (Å²) >= 11 is 0. The minimum Gasteiger partial charge on any atom is -0.376 e. The number of ether oxygens (including phenoxy) is 1. The first-order valence-corrected chi connectivity index (χ1v) is 13.7. The number of carbonyl (C=O) groups is 1. The van der Waals surface area contributed by atoms with Crippen molar-refractivity contribution in [1.29, 1.82) is 5.26 Å². The number of nitriles is 1. The summed E-state index contributed by atoms with van der Waals surface area (Å²) in [6, 6.07) is 5.31. The highest BCUT2D eigenvalue weighted by Gasteiger charge is 2.41. The number of piperazine rings is 1. The van der Waals surface area contributed by atoms with Crippen molar-refractivity contribution in [2.24, 2.45) is 5.92 Å². The highest BCUT2D eigenvalue weighted by atomic mass is 19.4. The molecular weight excluding hydrogens is 527 g/mol. The summed E-state index contributed by atoms with van der Waals surface area (Å²) in [6.07, 6.45) is 2.04. The van der Waals surface area contributed by atoms with E-state index in [0.29, 0.717) is 57.5 Å². The largest absolute Gasteiger partial charge is 0.423 e. The Kier molecular flexibility index (Phi) is 8.25. The van der Waals surface area contributed by atoms with E-state index in [4.69, 9.17) is 10.00 Å². The molecule has 5 rings (SSSR count). The summed E-state index contributed by atoms with van der Waals surface area (Å²) in [4.78, 5) is 35.2. The lowest BCUT2D eigenvalue weighted by Gasteiger charge is -2.38. The molecule has 2 aliphatic heterocycles. The number of nitrogens with one attached hydrogen (secondary N) is 1. The molecule has 3 atom stereocenters. The predicted octanol–water partition coefficient (Wildman–Crippen LogP) is 2.95. The van der Waals surface area contributed by atoms with Crippen LogP contribution < -0.4 is 15.4 Å². The molecule has 0 unspecified atom stereocenters. The number of anilines is 2. The first-order valence-electron chi connectivity index (χ1n) is 13.7. The Hall–Kier alpha value is -3.66. The van der Waals surface area contributed by atoms with Gasteiger partial charge in [0.1, 0.15) is 17.5 Å². The fraction of sp³-hybridized carbons (Fsp3) is 0.593. The average molecular weight is 560 g/mol. The molecule has 0 spiro atoms. The van der Waals surface area contributed by atoms with Crippen molar-refractivity contribution in [3.63, 3.8) is 0 Å². The van der Waals surface area contributed by atoms with E-state index in [2.05, 4.69) is 21.1 Å². The molecule has 4 heterocycles. The van der Waals surface area contributed by atoms with Crippen molar-refractivity contribution in [1.82, 2.24) is 20.1 Å². The van der Waals surface area contributed by atoms with E-state index in [0.717, 1.165) is 31.3 Å². The molecule has 10 nitrogen and oxygen atoms in total. The summed E-state index contributed by atoms with van der Waals surface area (Å²) in [5.74, 6) is 0.760. The fourth-order valence-electron chi connectivity index (χ4n) is 6.03. The van der Waals surface area contributed by atoms with Crippen LogP contribution in [0, 0.1) is 17.2 Å². The zero-order valence-corrected chi connectivity index (χ0v) is 22.1. The van der Waals surface area contributed by atoms with Crippen molar-refractivity contribution in [3.05, 3.63) is 46.0 Å². The number of aromatic amines is 1. The SMILES string of the molecule is N#Cc1ccc(N2CCN(C(=O)[C@@H]3CCC[C@@H](OC[C@@H]4CCCN4c4cn[nH]c(=O)c4C(F)(F)F)C3)CC2)nc1. The molecular formula is C27H32F3N7O3. The van der Waals surface area contributed by atoms with Crippen molar-refractivity contribution in [2.45, 2.75) is 56.8 Å². The van der Waals surface area contributed by atoms with E-state index >= 15 is 0 Å². The van der Waals surface area contributed by atoms with Gasteiger partial charge in [-0.1, -0.05) is 6.42 Å². The van der Waals surface area contributed by atoms with Crippen LogP contribution in [0.1, 0.15) is 49.7 Å². The van der Waals surface area contributed by atoms with E-state index in [9.17, 15) is 22.8 Å². The average Bonchev–Trinajstić information content (AvgIpc) is 3.44. The number of H-pyrrole nitrogens is 1. The summed E-state index contributed by atoms with van der Waals surface area (Å²) < 4.78 is 47.0. The van der Waals surface area contributed by atoms with Gasteiger partial charge in [-0.2, -0.15) is 23.5 Å². The molecule has 214 valence electrons. The summed E-state index contributed by atoms with van der Waals surface area (Å²) in [5, 5.41) is 14.5. The van der Waals surface area contributed by atoms with Crippen LogP contribution in [0.3, 0.4) is 0 Å². The van der Waals surface area contributed by atoms with Crippen molar-refractivity contribution < 1.29 is 22.7 Å². The third-order valence-corrected chi connectivity index (χ3v) is 8.10. The number of hydrogen-bond donors (Lipinski definition) is 1. The Bertz CT molecular complexity index is 1290. The molecule has 2 aromatic heterocycles. The maximum absolute atomic E-state index is 13.6. The highest BCUT2D eigenvalue weighted by molar-refractivity contribution is 5.79. The van der Waals surface area contributed by atoms with Crippen LogP contribution in [-0.2, 0) is 15.7 Å². The van der Waals surface area contributed by atoms with Gasteiger partial charge >= 0.3 is 6.18 Å². The standard InChI is InChI=1S/C27H32F3N7O3/c28-27(29,30)24-22(16-33-34-25(24)38)37-8-2-4-20(37)17-40-21-5-1-3-19(13-21)26(39)36-11-9-35(10-12-36)23-7-6-18(14-31)15-32-23/h6-7,15-16,19-21H,1-5,8-13,17H2,(H,34,38)/t19-,20+,21-/m1/s1. The monoisotopic (exact) mass is 559 g/mol. The van der Waals surface area contributed by atoms with Gasteiger partial charge in [-0.15, -0.1) is 0 Å². The van der Waals surface area contributed by atoms with Gasteiger partial charge in [0, 0.05) is 44.8 Å². The molecule has 1 saturated carbocycles. The van der Waals surface area contributed by atoms with Gasteiger partial charge in [0.2, 0.25) is 5.91 Å². The number of halogens is 3. The second-order valence-corrected chi connectivity index (χ2v) is 10.6. The lowest BCUT2D eigenvalue weighted by atomic mass is 9.86. The summed E-state index contributed by atoms with van der Waals surface area (Å²) in [6.45, 7) is 3.11. The first kappa shape index (κ1) is 27.9. The van der Waals surface area contributed by atoms with E-state index in [-0.39, 0.29) is 36.3 Å². The smallest absolute Gasteiger partial charge is 0.376 e. The van der Waals surface area contributed by atoms with E-state index in [1.807, 2.05) is 16.1 Å². The van der Waals surface area contributed by atoms with Crippen LogP contribution in [0.25, 0.3) is 0 Å². The number of aromatic nitrogens is 3. The van der Waals surface area contributed by atoms with E-state index < -0.39 is 17.3 Å². The molecule has 13 heteroatoms. The Morgan fingerprint density at radius 3 is 2.60 bits per heavy atom. The van der Waals surface area contributed by atoms with Crippen LogP contribution in [0.4, 0.5) is 24.7 Å². The van der Waals surface area contributed by atoms with E-state index in [1.54, 1.807) is 17.2 Å². The number of hydrogen-bond acceptors (Lipinski definition) is 8. The zero-order chi connectivity index (χ0) is 28.3. The summed E-state index contributed by atoms with van der Waals surface area (Å²) in [7, 11) is 0. The molecule has 3 aliphatic rings. The minimum atomic E-state index is -4.79. The second-order valence-electron chi connectivity index (χ2n) is 10.6. The fourth-order valence-corrected chi connectivity index (χ4v) is 6.03. The van der Waals surface area contributed by atoms with Crippen molar-refractivity contribution in [3.8, 4) is 6.07 Å². The number of pyridine rings is 1. The zero-order valence-electron chi connectivity index (χ0n) is 22.1. The van der Waals surface area contributed by atoms with Gasteiger partial charge in [-0.25, -0.2) is 10.1 Å². The maximum Gasteiger partial charge on any atom is 0.423 e. The topological polar surface area (TPSA) is 118 Å². The molecule has 0 radical (unpaired) electrons. The Balaban J connectivity index is 1.14. The third kappa shape index (κ3) is 6.06. The Labute approximate surface area is 229 Å². The van der Waals surface area contributed by atoms with E-state index in [1.165, 1.54) is 0 Å². The molecule has 1 N–H and O–H groups in total. The predicted molar refractivity (Wildman–Crippen MR) is 140 cm³/mol. The van der Waals surface area contributed by atoms with Gasteiger partial charge in [0.05, 0.1) is 36.2 Å². The minimum absolute atomic E-state index is 0.118. The number of rotatable bonds is 6. The van der Waals surface area contributed by atoms with Crippen LogP contribution in [0.15, 0.2) is 29.3 Å². The lowest BCUT2D eigenvalue weighted by molar-refractivity contribution is -0.139. The summed E-state index contributed by atoms with van der Waals surface area (Å²) in [5.41, 5.74) is -2.19. The van der Waals surface area contributed by atoms with Crippen molar-refractivity contribution >= 4 is 17.4 Å². The van der Waals surface area contributed by atoms with Crippen LogP contribution in [-0.4, -0.2) is 77.5 Å². The molecule has 2 aromatic rings. The third-order valence-electron chi connectivity index (χ3n) is 8.10. The normalized spacial score (nSPS) is 23.8. The lowest BCUT2D eigenvalue weighted by Crippen LogP contribution is -2.51. The quantitative estimate of drug-likeness (QED) is 0.574. The van der Waals surface area contributed by atoms with Crippen LogP contribution in [0.2, 0.25) is 0 Å². The van der Waals surface area contributed by atoms with Crippen LogP contribution >= 0.6 is 0 Å². The molecule has 0 bridgehead atoms. The maximum atomic E-state index is 13.6. The molecule has 0 aromatic carbocycles. The van der Waals surface area contributed by atoms with Crippen LogP contribution in [0.5, 0.6) is 0 Å². The molecule has 1 amide bonds. The molecule has 1 aliphatic carbocycles. The number of amides is 1. The first-order chi connectivity index (χ1) is 19.2. The van der Waals surface area contributed by atoms with Gasteiger partial charge in [0.25, 0.3) is 5.56 Å². The van der Waals surface area contributed by atoms with Gasteiger partial charge in [0.15, 0.2) is 0 Å². The second kappa shape index (κ2) is 11.8.